The molecule has 2 unspecified atom stereocenters. The van der Waals surface area contributed by atoms with Crippen LogP contribution in [-0.4, -0.2) is 44.8 Å². The Morgan fingerprint density at radius 2 is 2.00 bits per heavy atom. The molecule has 20 heavy (non-hydrogen) atoms. The molecule has 0 spiro atoms. The SMILES string of the molecule is CNC1CCOCC1Sc1ccc2c(c1)OCCCO2. The second-order valence-corrected chi connectivity index (χ2v) is 6.39. The van der Waals surface area contributed by atoms with Gasteiger partial charge in [0.1, 0.15) is 0 Å². The van der Waals surface area contributed by atoms with Gasteiger partial charge >= 0.3 is 0 Å². The van der Waals surface area contributed by atoms with E-state index in [1.54, 1.807) is 0 Å². The zero-order valence-electron chi connectivity index (χ0n) is 11.8. The van der Waals surface area contributed by atoms with E-state index in [4.69, 9.17) is 14.2 Å². The van der Waals surface area contributed by atoms with Crippen LogP contribution in [-0.2, 0) is 4.74 Å². The monoisotopic (exact) mass is 295 g/mol. The molecule has 2 aliphatic rings. The molecule has 2 heterocycles. The normalized spacial score (nSPS) is 26.1. The first-order valence-corrected chi connectivity index (χ1v) is 8.06. The van der Waals surface area contributed by atoms with Gasteiger partial charge < -0.3 is 19.5 Å². The quantitative estimate of drug-likeness (QED) is 0.926. The van der Waals surface area contributed by atoms with Gasteiger partial charge in [-0.15, -0.1) is 11.8 Å². The molecule has 2 aliphatic heterocycles. The molecule has 1 aromatic carbocycles. The molecule has 0 aromatic heterocycles. The smallest absolute Gasteiger partial charge is 0.162 e. The minimum absolute atomic E-state index is 0.443. The third kappa shape index (κ3) is 3.22. The van der Waals surface area contributed by atoms with Crippen LogP contribution in [0.25, 0.3) is 0 Å². The fourth-order valence-electron chi connectivity index (χ4n) is 2.55. The Bertz CT molecular complexity index is 455. The summed E-state index contributed by atoms with van der Waals surface area (Å²) in [6.07, 6.45) is 2.01. The molecule has 1 N–H and O–H groups in total. The number of benzene rings is 1. The van der Waals surface area contributed by atoms with Gasteiger partial charge in [0.05, 0.1) is 19.8 Å². The maximum absolute atomic E-state index is 5.75. The lowest BCUT2D eigenvalue weighted by Crippen LogP contribution is -2.43. The number of ether oxygens (including phenoxy) is 3. The fourth-order valence-corrected chi connectivity index (χ4v) is 3.82. The summed E-state index contributed by atoms with van der Waals surface area (Å²) >= 11 is 1.85. The van der Waals surface area contributed by atoms with Crippen molar-refractivity contribution in [1.29, 1.82) is 0 Å². The van der Waals surface area contributed by atoms with Crippen molar-refractivity contribution in [3.63, 3.8) is 0 Å². The lowest BCUT2D eigenvalue weighted by Gasteiger charge is -2.30. The molecule has 0 radical (unpaired) electrons. The Morgan fingerprint density at radius 1 is 1.15 bits per heavy atom. The molecular formula is C15H21NO3S. The Hall–Kier alpha value is -0.910. The standard InChI is InChI=1S/C15H21NO3S/c1-16-12-5-8-17-10-15(12)20-11-3-4-13-14(9-11)19-7-2-6-18-13/h3-4,9,12,15-16H,2,5-8,10H2,1H3. The zero-order valence-corrected chi connectivity index (χ0v) is 12.6. The first-order valence-electron chi connectivity index (χ1n) is 7.18. The molecular weight excluding hydrogens is 274 g/mol. The van der Waals surface area contributed by atoms with Gasteiger partial charge in [-0.1, -0.05) is 0 Å². The van der Waals surface area contributed by atoms with Crippen molar-refractivity contribution >= 4 is 11.8 Å². The van der Waals surface area contributed by atoms with Gasteiger partial charge in [-0.05, 0) is 31.7 Å². The molecule has 3 rings (SSSR count). The summed E-state index contributed by atoms with van der Waals surface area (Å²) in [5.41, 5.74) is 0. The summed E-state index contributed by atoms with van der Waals surface area (Å²) in [5, 5.41) is 3.83. The highest BCUT2D eigenvalue weighted by Crippen LogP contribution is 2.36. The predicted molar refractivity (Wildman–Crippen MR) is 80.0 cm³/mol. The number of hydrogen-bond donors (Lipinski definition) is 1. The number of thioether (sulfide) groups is 1. The minimum atomic E-state index is 0.443. The highest BCUT2D eigenvalue weighted by Gasteiger charge is 2.25. The first-order chi connectivity index (χ1) is 9.86. The molecule has 0 amide bonds. The summed E-state index contributed by atoms with van der Waals surface area (Å²) in [7, 11) is 2.03. The van der Waals surface area contributed by atoms with Crippen LogP contribution in [0.15, 0.2) is 23.1 Å². The maximum atomic E-state index is 5.75. The predicted octanol–water partition coefficient (Wildman–Crippen LogP) is 2.32. The number of rotatable bonds is 3. The molecule has 4 nitrogen and oxygen atoms in total. The number of nitrogens with one attached hydrogen (secondary N) is 1. The van der Waals surface area contributed by atoms with Crippen LogP contribution in [0.4, 0.5) is 0 Å². The van der Waals surface area contributed by atoms with Crippen molar-refractivity contribution in [2.75, 3.05) is 33.5 Å². The molecule has 5 heteroatoms. The van der Waals surface area contributed by atoms with Gasteiger partial charge in [0.15, 0.2) is 11.5 Å². The molecule has 2 atom stereocenters. The van der Waals surface area contributed by atoms with Crippen LogP contribution < -0.4 is 14.8 Å². The molecule has 1 aromatic rings. The van der Waals surface area contributed by atoms with E-state index in [9.17, 15) is 0 Å². The first kappa shape index (κ1) is 14.0. The van der Waals surface area contributed by atoms with E-state index >= 15 is 0 Å². The average molecular weight is 295 g/mol. The molecule has 1 saturated heterocycles. The molecule has 0 bridgehead atoms. The Kier molecular flexibility index (Phi) is 4.70. The Balaban J connectivity index is 1.72. The number of hydrogen-bond acceptors (Lipinski definition) is 5. The van der Waals surface area contributed by atoms with Crippen molar-refractivity contribution < 1.29 is 14.2 Å². The molecule has 110 valence electrons. The Labute approximate surface area is 124 Å². The third-order valence-corrected chi connectivity index (χ3v) is 4.97. The second-order valence-electron chi connectivity index (χ2n) is 5.07. The van der Waals surface area contributed by atoms with Gasteiger partial charge in [0, 0.05) is 29.2 Å². The van der Waals surface area contributed by atoms with Gasteiger partial charge in [0.2, 0.25) is 0 Å². The molecule has 0 saturated carbocycles. The van der Waals surface area contributed by atoms with E-state index in [1.807, 2.05) is 24.9 Å². The van der Waals surface area contributed by atoms with Crippen LogP contribution in [0.3, 0.4) is 0 Å². The van der Waals surface area contributed by atoms with Crippen molar-refractivity contribution in [3.05, 3.63) is 18.2 Å². The van der Waals surface area contributed by atoms with Crippen LogP contribution in [0.1, 0.15) is 12.8 Å². The van der Waals surface area contributed by atoms with Crippen molar-refractivity contribution in [3.8, 4) is 11.5 Å². The fraction of sp³-hybridized carbons (Fsp3) is 0.600. The number of fused-ring (bicyclic) bond motifs is 1. The minimum Gasteiger partial charge on any atom is -0.490 e. The van der Waals surface area contributed by atoms with Crippen molar-refractivity contribution in [2.45, 2.75) is 29.0 Å². The van der Waals surface area contributed by atoms with E-state index in [0.29, 0.717) is 11.3 Å². The lowest BCUT2D eigenvalue weighted by molar-refractivity contribution is 0.0850. The molecule has 1 fully saturated rings. The zero-order chi connectivity index (χ0) is 13.8. The summed E-state index contributed by atoms with van der Waals surface area (Å²) < 4.78 is 17.0. The van der Waals surface area contributed by atoms with E-state index in [1.165, 1.54) is 4.90 Å². The van der Waals surface area contributed by atoms with Crippen LogP contribution in [0, 0.1) is 0 Å². The van der Waals surface area contributed by atoms with Gasteiger partial charge in [-0.3, -0.25) is 0 Å². The summed E-state index contributed by atoms with van der Waals surface area (Å²) in [5.74, 6) is 1.72. The molecule has 0 aliphatic carbocycles. The van der Waals surface area contributed by atoms with E-state index < -0.39 is 0 Å². The summed E-state index contributed by atoms with van der Waals surface area (Å²) in [6.45, 7) is 3.11. The second kappa shape index (κ2) is 6.70. The van der Waals surface area contributed by atoms with Crippen molar-refractivity contribution in [2.24, 2.45) is 0 Å². The van der Waals surface area contributed by atoms with E-state index in [0.717, 1.165) is 50.8 Å². The highest BCUT2D eigenvalue weighted by atomic mass is 32.2. The highest BCUT2D eigenvalue weighted by molar-refractivity contribution is 8.00. The van der Waals surface area contributed by atoms with E-state index in [-0.39, 0.29) is 0 Å². The van der Waals surface area contributed by atoms with Gasteiger partial charge in [-0.25, -0.2) is 0 Å². The largest absolute Gasteiger partial charge is 0.490 e. The van der Waals surface area contributed by atoms with E-state index in [2.05, 4.69) is 17.4 Å². The van der Waals surface area contributed by atoms with Gasteiger partial charge in [0.25, 0.3) is 0 Å². The van der Waals surface area contributed by atoms with Crippen LogP contribution >= 0.6 is 11.8 Å². The third-order valence-electron chi connectivity index (χ3n) is 3.68. The summed E-state index contributed by atoms with van der Waals surface area (Å²) in [6, 6.07) is 6.72. The maximum Gasteiger partial charge on any atom is 0.162 e. The Morgan fingerprint density at radius 3 is 2.85 bits per heavy atom. The summed E-state index contributed by atoms with van der Waals surface area (Å²) in [4.78, 5) is 1.21. The van der Waals surface area contributed by atoms with Crippen LogP contribution in [0.5, 0.6) is 11.5 Å². The van der Waals surface area contributed by atoms with Crippen LogP contribution in [0.2, 0.25) is 0 Å². The van der Waals surface area contributed by atoms with Crippen molar-refractivity contribution in [1.82, 2.24) is 5.32 Å². The average Bonchev–Trinajstić information content (AvgIpc) is 2.72. The topological polar surface area (TPSA) is 39.7 Å². The lowest BCUT2D eigenvalue weighted by atomic mass is 10.1. The van der Waals surface area contributed by atoms with Gasteiger partial charge in [-0.2, -0.15) is 0 Å².